The normalized spacial score (nSPS) is 15.7. The number of Topliss-reactive ketones (excluding diaryl/α,β-unsaturated/α-hetero) is 1. The summed E-state index contributed by atoms with van der Waals surface area (Å²) in [7, 11) is 1.40. The molecule has 0 aromatic heterocycles. The van der Waals surface area contributed by atoms with Gasteiger partial charge in [0.05, 0.1) is 13.2 Å². The second-order valence-corrected chi connectivity index (χ2v) is 9.80. The number of anilines is 1. The van der Waals surface area contributed by atoms with Crippen molar-refractivity contribution in [3.63, 3.8) is 0 Å². The van der Waals surface area contributed by atoms with Crippen LogP contribution in [0.2, 0.25) is 0 Å². The molecule has 1 aliphatic carbocycles. The third-order valence-electron chi connectivity index (χ3n) is 6.44. The molecule has 0 aliphatic heterocycles. The predicted molar refractivity (Wildman–Crippen MR) is 140 cm³/mol. The number of ether oxygens (including phenoxy) is 1. The van der Waals surface area contributed by atoms with Crippen LogP contribution in [0.4, 0.5) is 10.5 Å². The number of nitrogens with one attached hydrogen (secondary N) is 2. The molecule has 2 unspecified atom stereocenters. The lowest BCUT2D eigenvalue weighted by atomic mass is 9.86. The van der Waals surface area contributed by atoms with Gasteiger partial charge in [-0.3, -0.25) is 14.5 Å². The molecule has 3 rings (SSSR count). The summed E-state index contributed by atoms with van der Waals surface area (Å²) in [4.78, 5) is 39.0. The Morgan fingerprint density at radius 2 is 1.86 bits per heavy atom. The number of benzene rings is 2. The fourth-order valence-electron chi connectivity index (χ4n) is 4.59. The molecule has 1 aliphatic rings. The number of methoxy groups -OCH3 is 1. The molecule has 7 nitrogen and oxygen atoms in total. The van der Waals surface area contributed by atoms with E-state index < -0.39 is 12.1 Å². The number of rotatable bonds is 11. The number of aryl methyl sites for hydroxylation is 1. The Kier molecular flexibility index (Phi) is 10.3. The maximum atomic E-state index is 12.6. The third-order valence-corrected chi connectivity index (χ3v) is 6.96. The highest BCUT2D eigenvalue weighted by Crippen LogP contribution is 2.34. The van der Waals surface area contributed by atoms with E-state index in [1.807, 2.05) is 12.1 Å². The van der Waals surface area contributed by atoms with Crippen LogP contribution in [0.15, 0.2) is 53.0 Å². The number of hydrogen-bond donors (Lipinski definition) is 2. The van der Waals surface area contributed by atoms with Crippen LogP contribution in [0.3, 0.4) is 0 Å². The average Bonchev–Trinajstić information content (AvgIpc) is 2.86. The van der Waals surface area contributed by atoms with E-state index in [-0.39, 0.29) is 17.8 Å². The molecule has 0 bridgehead atoms. The summed E-state index contributed by atoms with van der Waals surface area (Å²) in [6.07, 6.45) is 4.70. The van der Waals surface area contributed by atoms with Gasteiger partial charge in [0, 0.05) is 29.2 Å². The van der Waals surface area contributed by atoms with E-state index in [9.17, 15) is 14.4 Å². The number of hydrogen-bond acceptors (Lipinski definition) is 5. The van der Waals surface area contributed by atoms with Crippen molar-refractivity contribution >= 4 is 39.4 Å². The number of amides is 2. The lowest BCUT2D eigenvalue weighted by Crippen LogP contribution is -2.44. The molecule has 0 radical (unpaired) electrons. The van der Waals surface area contributed by atoms with Crippen molar-refractivity contribution in [2.45, 2.75) is 57.5 Å². The monoisotopic (exact) mass is 543 g/mol. The number of ketones is 1. The van der Waals surface area contributed by atoms with Crippen molar-refractivity contribution < 1.29 is 19.1 Å². The summed E-state index contributed by atoms with van der Waals surface area (Å²) < 4.78 is 5.72. The standard InChI is InChI=1S/C27H34BrN3O4/c1-19(32)24(30-27(34)29-22-14-12-21(28)13-15-22)16-18-31(17-6-11-26(33)35-2)25-10-5-8-20-7-3-4-9-23(20)25/h3-4,7,9,12-15,24-25H,5-6,8,10-11,16-18H2,1-2H3,(H2,29,30,34). The highest BCUT2D eigenvalue weighted by atomic mass is 79.9. The van der Waals surface area contributed by atoms with Crippen LogP contribution in [-0.2, 0) is 20.7 Å². The SMILES string of the molecule is COC(=O)CCCN(CCC(NC(=O)Nc1ccc(Br)cc1)C(C)=O)C1CCCc2ccccc21. The Hall–Kier alpha value is -2.71. The average molecular weight is 544 g/mol. The smallest absolute Gasteiger partial charge is 0.319 e. The molecule has 2 atom stereocenters. The van der Waals surface area contributed by atoms with Crippen LogP contribution >= 0.6 is 15.9 Å². The van der Waals surface area contributed by atoms with Crippen LogP contribution in [0.1, 0.15) is 56.2 Å². The number of nitrogens with zero attached hydrogens (tertiary/aromatic N) is 1. The fourth-order valence-corrected chi connectivity index (χ4v) is 4.85. The Labute approximate surface area is 215 Å². The molecule has 35 heavy (non-hydrogen) atoms. The highest BCUT2D eigenvalue weighted by Gasteiger charge is 2.27. The topological polar surface area (TPSA) is 87.7 Å². The number of urea groups is 1. The van der Waals surface area contributed by atoms with Gasteiger partial charge in [-0.15, -0.1) is 0 Å². The van der Waals surface area contributed by atoms with Crippen LogP contribution in [-0.4, -0.2) is 48.9 Å². The first kappa shape index (κ1) is 26.9. The molecule has 0 saturated carbocycles. The molecule has 0 saturated heterocycles. The van der Waals surface area contributed by atoms with Crippen molar-refractivity contribution in [1.82, 2.24) is 10.2 Å². The largest absolute Gasteiger partial charge is 0.469 e. The molecule has 2 aromatic rings. The summed E-state index contributed by atoms with van der Waals surface area (Å²) in [6.45, 7) is 2.84. The minimum Gasteiger partial charge on any atom is -0.469 e. The van der Waals surface area contributed by atoms with Gasteiger partial charge in [0.1, 0.15) is 0 Å². The zero-order chi connectivity index (χ0) is 25.2. The van der Waals surface area contributed by atoms with Gasteiger partial charge in [-0.25, -0.2) is 4.79 Å². The fraction of sp³-hybridized carbons (Fsp3) is 0.444. The first-order chi connectivity index (χ1) is 16.9. The number of halogens is 1. The van der Waals surface area contributed by atoms with Gasteiger partial charge in [-0.2, -0.15) is 0 Å². The van der Waals surface area contributed by atoms with Gasteiger partial charge in [-0.1, -0.05) is 40.2 Å². The van der Waals surface area contributed by atoms with Gasteiger partial charge >= 0.3 is 12.0 Å². The summed E-state index contributed by atoms with van der Waals surface area (Å²) in [5.41, 5.74) is 3.32. The van der Waals surface area contributed by atoms with E-state index in [0.717, 1.165) is 23.7 Å². The van der Waals surface area contributed by atoms with Gasteiger partial charge in [0.25, 0.3) is 0 Å². The second-order valence-electron chi connectivity index (χ2n) is 8.88. The van der Waals surface area contributed by atoms with E-state index in [1.54, 1.807) is 12.1 Å². The van der Waals surface area contributed by atoms with Gasteiger partial charge in [-0.05, 0) is 81.0 Å². The van der Waals surface area contributed by atoms with Gasteiger partial charge < -0.3 is 15.4 Å². The van der Waals surface area contributed by atoms with E-state index in [4.69, 9.17) is 4.74 Å². The highest BCUT2D eigenvalue weighted by molar-refractivity contribution is 9.10. The lowest BCUT2D eigenvalue weighted by molar-refractivity contribution is -0.140. The van der Waals surface area contributed by atoms with E-state index in [1.165, 1.54) is 25.2 Å². The third kappa shape index (κ3) is 8.18. The summed E-state index contributed by atoms with van der Waals surface area (Å²) in [5, 5.41) is 5.61. The first-order valence-electron chi connectivity index (χ1n) is 12.1. The van der Waals surface area contributed by atoms with Crippen molar-refractivity contribution in [2.75, 3.05) is 25.5 Å². The number of carbonyl (C=O) groups is 3. The van der Waals surface area contributed by atoms with Crippen molar-refractivity contribution in [2.24, 2.45) is 0 Å². The molecular weight excluding hydrogens is 510 g/mol. The first-order valence-corrected chi connectivity index (χ1v) is 12.9. The zero-order valence-corrected chi connectivity index (χ0v) is 22.0. The van der Waals surface area contributed by atoms with Crippen LogP contribution < -0.4 is 10.6 Å². The molecule has 8 heteroatoms. The van der Waals surface area contributed by atoms with E-state index >= 15 is 0 Å². The summed E-state index contributed by atoms with van der Waals surface area (Å²) in [6, 6.07) is 15.0. The second kappa shape index (κ2) is 13.4. The Balaban J connectivity index is 1.66. The molecular formula is C27H34BrN3O4. The Bertz CT molecular complexity index is 1010. The Morgan fingerprint density at radius 3 is 2.57 bits per heavy atom. The van der Waals surface area contributed by atoms with Crippen molar-refractivity contribution in [3.05, 3.63) is 64.1 Å². The van der Waals surface area contributed by atoms with Gasteiger partial charge in [0.2, 0.25) is 0 Å². The number of carbonyl (C=O) groups excluding carboxylic acids is 3. The minimum atomic E-state index is -0.604. The molecule has 2 aromatic carbocycles. The van der Waals surface area contributed by atoms with E-state index in [2.05, 4.69) is 55.7 Å². The molecule has 2 amide bonds. The van der Waals surface area contributed by atoms with Gasteiger partial charge in [0.15, 0.2) is 5.78 Å². The maximum Gasteiger partial charge on any atom is 0.319 e. The minimum absolute atomic E-state index is 0.0884. The van der Waals surface area contributed by atoms with E-state index in [0.29, 0.717) is 38.0 Å². The summed E-state index contributed by atoms with van der Waals surface area (Å²) in [5.74, 6) is -0.309. The van der Waals surface area contributed by atoms with Crippen LogP contribution in [0, 0.1) is 0 Å². The Morgan fingerprint density at radius 1 is 1.11 bits per heavy atom. The molecule has 0 heterocycles. The zero-order valence-electron chi connectivity index (χ0n) is 20.4. The lowest BCUT2D eigenvalue weighted by Gasteiger charge is -2.36. The molecule has 188 valence electrons. The number of fused-ring (bicyclic) bond motifs is 1. The molecule has 2 N–H and O–H groups in total. The molecule has 0 fully saturated rings. The van der Waals surface area contributed by atoms with Crippen molar-refractivity contribution in [1.29, 1.82) is 0 Å². The summed E-state index contributed by atoms with van der Waals surface area (Å²) >= 11 is 3.37. The van der Waals surface area contributed by atoms with Crippen molar-refractivity contribution in [3.8, 4) is 0 Å². The number of esters is 1. The predicted octanol–water partition coefficient (Wildman–Crippen LogP) is 5.25. The van der Waals surface area contributed by atoms with Crippen LogP contribution in [0.5, 0.6) is 0 Å². The quantitative estimate of drug-likeness (QED) is 0.378. The van der Waals surface area contributed by atoms with Crippen LogP contribution in [0.25, 0.3) is 0 Å². The molecule has 0 spiro atoms. The maximum absolute atomic E-state index is 12.6.